The van der Waals surface area contributed by atoms with Crippen LogP contribution in [-0.4, -0.2) is 37.3 Å². The molecule has 0 fully saturated rings. The van der Waals surface area contributed by atoms with Gasteiger partial charge < -0.3 is 14.2 Å². The Hall–Kier alpha value is -2.57. The minimum absolute atomic E-state index is 0.334. The van der Waals surface area contributed by atoms with Gasteiger partial charge in [0.05, 0.1) is 14.2 Å². The van der Waals surface area contributed by atoms with Crippen molar-refractivity contribution in [3.63, 3.8) is 0 Å². The molecule has 0 spiro atoms. The van der Waals surface area contributed by atoms with E-state index in [1.165, 1.54) is 34.1 Å². The van der Waals surface area contributed by atoms with Gasteiger partial charge in [0.1, 0.15) is 0 Å². The molecule has 1 aromatic carbocycles. The summed E-state index contributed by atoms with van der Waals surface area (Å²) in [6.45, 7) is 2.25. The SMILES string of the molecule is COc1ccc(/C=C/C(C)(COC(C)=O)[N+](=O)[O-])cc1OC. The van der Waals surface area contributed by atoms with E-state index in [1.807, 2.05) is 0 Å². The largest absolute Gasteiger partial charge is 0.493 e. The fraction of sp³-hybridized carbons (Fsp3) is 0.400. The number of hydrogen-bond donors (Lipinski definition) is 0. The third-order valence-electron chi connectivity index (χ3n) is 3.03. The Bertz CT molecular complexity index is 583. The zero-order valence-electron chi connectivity index (χ0n) is 13.0. The van der Waals surface area contributed by atoms with Gasteiger partial charge in [0.15, 0.2) is 18.1 Å². The lowest BCUT2D eigenvalue weighted by Gasteiger charge is -2.16. The van der Waals surface area contributed by atoms with Gasteiger partial charge in [-0.05, 0) is 23.8 Å². The highest BCUT2D eigenvalue weighted by Gasteiger charge is 2.35. The van der Waals surface area contributed by atoms with Crippen molar-refractivity contribution in [1.82, 2.24) is 0 Å². The first kappa shape index (κ1) is 17.5. The van der Waals surface area contributed by atoms with Crippen LogP contribution in [0.5, 0.6) is 11.5 Å². The monoisotopic (exact) mass is 309 g/mol. The van der Waals surface area contributed by atoms with Gasteiger partial charge in [0.25, 0.3) is 5.54 Å². The predicted octanol–water partition coefficient (Wildman–Crippen LogP) is 2.32. The maximum Gasteiger partial charge on any atom is 0.302 e. The number of carbonyl (C=O) groups is 1. The molecular formula is C15H19NO6. The number of nitrogens with zero attached hydrogens (tertiary/aromatic N) is 1. The normalized spacial score (nSPS) is 13.5. The Balaban J connectivity index is 3.00. The molecule has 0 amide bonds. The number of ether oxygens (including phenoxy) is 3. The lowest BCUT2D eigenvalue weighted by Crippen LogP contribution is -2.38. The first-order valence-corrected chi connectivity index (χ1v) is 6.51. The van der Waals surface area contributed by atoms with Crippen LogP contribution >= 0.6 is 0 Å². The molecule has 0 heterocycles. The molecule has 1 atom stereocenters. The zero-order chi connectivity index (χ0) is 16.8. The van der Waals surface area contributed by atoms with Gasteiger partial charge in [-0.25, -0.2) is 0 Å². The molecule has 120 valence electrons. The fourth-order valence-corrected chi connectivity index (χ4v) is 1.64. The average molecular weight is 309 g/mol. The standard InChI is InChI=1S/C15H19NO6/c1-11(17)22-10-15(2,16(18)19)8-7-12-5-6-13(20-3)14(9-12)21-4/h5-9H,10H2,1-4H3/b8-7+. The molecule has 22 heavy (non-hydrogen) atoms. The first-order valence-electron chi connectivity index (χ1n) is 6.51. The van der Waals surface area contributed by atoms with Crippen LogP contribution in [-0.2, 0) is 9.53 Å². The maximum atomic E-state index is 11.2. The van der Waals surface area contributed by atoms with Crippen molar-refractivity contribution >= 4 is 12.0 Å². The quantitative estimate of drug-likeness (QED) is 0.436. The van der Waals surface area contributed by atoms with Crippen LogP contribution < -0.4 is 9.47 Å². The molecule has 0 bridgehead atoms. The second-order valence-corrected chi connectivity index (χ2v) is 4.84. The summed E-state index contributed by atoms with van der Waals surface area (Å²) in [5.74, 6) is 0.525. The van der Waals surface area contributed by atoms with Crippen molar-refractivity contribution in [2.45, 2.75) is 19.4 Å². The molecule has 7 nitrogen and oxygen atoms in total. The van der Waals surface area contributed by atoms with Crippen molar-refractivity contribution in [3.05, 3.63) is 40.0 Å². The van der Waals surface area contributed by atoms with E-state index in [4.69, 9.17) is 14.2 Å². The minimum atomic E-state index is -1.50. The van der Waals surface area contributed by atoms with Crippen molar-refractivity contribution < 1.29 is 23.9 Å². The van der Waals surface area contributed by atoms with Crippen LogP contribution in [0.2, 0.25) is 0 Å². The van der Waals surface area contributed by atoms with Gasteiger partial charge in [0.2, 0.25) is 0 Å². The van der Waals surface area contributed by atoms with E-state index in [1.54, 1.807) is 24.3 Å². The average Bonchev–Trinajstić information content (AvgIpc) is 2.50. The highest BCUT2D eigenvalue weighted by atomic mass is 16.6. The van der Waals surface area contributed by atoms with Crippen LogP contribution in [0.4, 0.5) is 0 Å². The Morgan fingerprint density at radius 3 is 2.45 bits per heavy atom. The number of benzene rings is 1. The number of rotatable bonds is 7. The third kappa shape index (κ3) is 4.47. The molecule has 0 aromatic heterocycles. The molecule has 0 radical (unpaired) electrons. The third-order valence-corrected chi connectivity index (χ3v) is 3.03. The molecule has 0 aliphatic rings. The topological polar surface area (TPSA) is 87.9 Å². The van der Waals surface area contributed by atoms with Crippen LogP contribution in [0.15, 0.2) is 24.3 Å². The van der Waals surface area contributed by atoms with E-state index in [0.29, 0.717) is 17.1 Å². The summed E-state index contributed by atoms with van der Waals surface area (Å²) < 4.78 is 15.1. The van der Waals surface area contributed by atoms with Gasteiger partial charge in [0, 0.05) is 18.8 Å². The Morgan fingerprint density at radius 2 is 1.95 bits per heavy atom. The van der Waals surface area contributed by atoms with Crippen LogP contribution in [0.1, 0.15) is 19.4 Å². The molecule has 0 aliphatic heterocycles. The Kier molecular flexibility index (Phi) is 5.91. The molecule has 1 rings (SSSR count). The van der Waals surface area contributed by atoms with Crippen LogP contribution in [0.25, 0.3) is 6.08 Å². The van der Waals surface area contributed by atoms with E-state index < -0.39 is 16.4 Å². The van der Waals surface area contributed by atoms with Crippen molar-refractivity contribution in [3.8, 4) is 11.5 Å². The van der Waals surface area contributed by atoms with Crippen LogP contribution in [0, 0.1) is 10.1 Å². The summed E-state index contributed by atoms with van der Waals surface area (Å²) in [5.41, 5.74) is -0.799. The lowest BCUT2D eigenvalue weighted by atomic mass is 10.0. The molecular weight excluding hydrogens is 290 g/mol. The highest BCUT2D eigenvalue weighted by molar-refractivity contribution is 5.66. The van der Waals surface area contributed by atoms with Crippen molar-refractivity contribution in [2.75, 3.05) is 20.8 Å². The molecule has 0 saturated heterocycles. The second kappa shape index (κ2) is 7.44. The summed E-state index contributed by atoms with van der Waals surface area (Å²) in [6.07, 6.45) is 2.96. The van der Waals surface area contributed by atoms with Crippen molar-refractivity contribution in [2.24, 2.45) is 0 Å². The molecule has 7 heteroatoms. The zero-order valence-corrected chi connectivity index (χ0v) is 13.0. The van der Waals surface area contributed by atoms with E-state index >= 15 is 0 Å². The van der Waals surface area contributed by atoms with Gasteiger partial charge in [-0.3, -0.25) is 14.9 Å². The fourth-order valence-electron chi connectivity index (χ4n) is 1.64. The maximum absolute atomic E-state index is 11.2. The Morgan fingerprint density at radius 1 is 1.32 bits per heavy atom. The van der Waals surface area contributed by atoms with Gasteiger partial charge in [-0.1, -0.05) is 12.1 Å². The highest BCUT2D eigenvalue weighted by Crippen LogP contribution is 2.28. The summed E-state index contributed by atoms with van der Waals surface area (Å²) >= 11 is 0. The molecule has 0 saturated carbocycles. The van der Waals surface area contributed by atoms with E-state index in [9.17, 15) is 14.9 Å². The van der Waals surface area contributed by atoms with E-state index in [2.05, 4.69) is 0 Å². The van der Waals surface area contributed by atoms with Gasteiger partial charge >= 0.3 is 5.97 Å². The lowest BCUT2D eigenvalue weighted by molar-refractivity contribution is -0.553. The number of esters is 1. The number of methoxy groups -OCH3 is 2. The predicted molar refractivity (Wildman–Crippen MR) is 80.6 cm³/mol. The van der Waals surface area contributed by atoms with Crippen molar-refractivity contribution in [1.29, 1.82) is 0 Å². The van der Waals surface area contributed by atoms with Crippen LogP contribution in [0.3, 0.4) is 0 Å². The Labute approximate surface area is 128 Å². The number of nitro groups is 1. The smallest absolute Gasteiger partial charge is 0.302 e. The van der Waals surface area contributed by atoms with E-state index in [-0.39, 0.29) is 6.61 Å². The first-order chi connectivity index (χ1) is 10.3. The molecule has 1 aromatic rings. The van der Waals surface area contributed by atoms with Gasteiger partial charge in [-0.15, -0.1) is 0 Å². The second-order valence-electron chi connectivity index (χ2n) is 4.84. The number of carbonyl (C=O) groups excluding carboxylic acids is 1. The minimum Gasteiger partial charge on any atom is -0.493 e. The molecule has 0 aliphatic carbocycles. The molecule has 0 N–H and O–H groups in total. The summed E-state index contributed by atoms with van der Waals surface area (Å²) in [7, 11) is 3.03. The summed E-state index contributed by atoms with van der Waals surface area (Å²) in [5, 5.41) is 11.2. The molecule has 1 unspecified atom stereocenters. The van der Waals surface area contributed by atoms with Gasteiger partial charge in [-0.2, -0.15) is 0 Å². The summed E-state index contributed by atoms with van der Waals surface area (Å²) in [6, 6.07) is 5.14. The van der Waals surface area contributed by atoms with E-state index in [0.717, 1.165) is 0 Å². The number of hydrogen-bond acceptors (Lipinski definition) is 6. The summed E-state index contributed by atoms with van der Waals surface area (Å²) in [4.78, 5) is 21.5.